The molecule has 1 aliphatic rings. The Kier molecular flexibility index (Phi) is 5.19. The normalized spacial score (nSPS) is 15.8. The molecule has 1 atom stereocenters. The molecular weight excluding hydrogens is 419 g/mol. The second kappa shape index (κ2) is 7.62. The van der Waals surface area contributed by atoms with Crippen molar-refractivity contribution >= 4 is 16.9 Å². The van der Waals surface area contributed by atoms with Gasteiger partial charge in [0.25, 0.3) is 5.54 Å². The molecule has 1 saturated carbocycles. The molecule has 1 N–H and O–H groups in total. The Balaban J connectivity index is 1.80. The zero-order valence-corrected chi connectivity index (χ0v) is 18.1. The first kappa shape index (κ1) is 21.8. The Hall–Kier alpha value is -3.41. The second-order valence-corrected chi connectivity index (χ2v) is 8.06. The highest BCUT2D eigenvalue weighted by molar-refractivity contribution is 5.88. The molecule has 0 aliphatic heterocycles. The number of benzene rings is 1. The molecule has 0 saturated heterocycles. The van der Waals surface area contributed by atoms with Gasteiger partial charge in [-0.05, 0) is 44.0 Å². The van der Waals surface area contributed by atoms with Crippen molar-refractivity contribution in [1.82, 2.24) is 15.0 Å². The highest BCUT2D eigenvalue weighted by Gasteiger charge is 2.55. The summed E-state index contributed by atoms with van der Waals surface area (Å²) < 4.78 is 45.5. The van der Waals surface area contributed by atoms with E-state index < -0.39 is 23.3 Å². The number of pyridine rings is 1. The molecule has 32 heavy (non-hydrogen) atoms. The number of hydrogen-bond acceptors (Lipinski definition) is 5. The number of anilines is 1. The van der Waals surface area contributed by atoms with Crippen LogP contribution in [0.1, 0.15) is 53.9 Å². The van der Waals surface area contributed by atoms with Crippen molar-refractivity contribution in [2.24, 2.45) is 0 Å². The Morgan fingerprint density at radius 3 is 2.50 bits per heavy atom. The first-order chi connectivity index (χ1) is 15.1. The van der Waals surface area contributed by atoms with Crippen LogP contribution in [0.15, 0.2) is 24.3 Å². The molecule has 0 unspecified atom stereocenters. The molecule has 1 aromatic carbocycles. The van der Waals surface area contributed by atoms with E-state index in [0.717, 1.165) is 18.9 Å². The molecule has 9 heteroatoms. The van der Waals surface area contributed by atoms with Crippen molar-refractivity contribution in [3.8, 4) is 5.88 Å². The van der Waals surface area contributed by atoms with Crippen molar-refractivity contribution in [3.05, 3.63) is 63.8 Å². The van der Waals surface area contributed by atoms with Crippen LogP contribution in [0.5, 0.6) is 5.88 Å². The zero-order chi connectivity index (χ0) is 23.3. The number of hydrogen-bond donors (Lipinski definition) is 1. The third-order valence-corrected chi connectivity index (χ3v) is 5.90. The van der Waals surface area contributed by atoms with E-state index in [0.29, 0.717) is 39.7 Å². The van der Waals surface area contributed by atoms with Gasteiger partial charge in [0.05, 0.1) is 29.7 Å². The van der Waals surface area contributed by atoms with Crippen LogP contribution in [0.25, 0.3) is 15.9 Å². The molecule has 1 fully saturated rings. The summed E-state index contributed by atoms with van der Waals surface area (Å²) in [6.45, 7) is 12.6. The number of fused-ring (bicyclic) bond motifs is 1. The number of alkyl halides is 3. The largest absolute Gasteiger partial charge is 0.481 e. The van der Waals surface area contributed by atoms with Gasteiger partial charge in [0.1, 0.15) is 11.6 Å². The number of rotatable bonds is 5. The molecule has 0 radical (unpaired) electrons. The number of ether oxygens (including phenoxy) is 1. The van der Waals surface area contributed by atoms with Crippen molar-refractivity contribution in [2.75, 3.05) is 12.4 Å². The molecular formula is C23H22F3N5O. The summed E-state index contributed by atoms with van der Waals surface area (Å²) in [6, 6.07) is 5.51. The molecule has 166 valence electrons. The average molecular weight is 441 g/mol. The van der Waals surface area contributed by atoms with E-state index >= 15 is 0 Å². The quantitative estimate of drug-likeness (QED) is 0.511. The van der Waals surface area contributed by atoms with Crippen LogP contribution in [0.3, 0.4) is 0 Å². The highest BCUT2D eigenvalue weighted by atomic mass is 19.4. The van der Waals surface area contributed by atoms with E-state index in [1.54, 1.807) is 19.9 Å². The Morgan fingerprint density at radius 1 is 1.19 bits per heavy atom. The van der Waals surface area contributed by atoms with Gasteiger partial charge in [-0.15, -0.1) is 0 Å². The van der Waals surface area contributed by atoms with Crippen molar-refractivity contribution < 1.29 is 17.9 Å². The van der Waals surface area contributed by atoms with Crippen LogP contribution in [-0.4, -0.2) is 22.1 Å². The van der Waals surface area contributed by atoms with Gasteiger partial charge in [-0.1, -0.05) is 12.1 Å². The third-order valence-electron chi connectivity index (χ3n) is 5.90. The lowest BCUT2D eigenvalue weighted by atomic mass is 9.97. The van der Waals surface area contributed by atoms with Crippen molar-refractivity contribution in [2.45, 2.75) is 51.4 Å². The SMILES string of the molecule is [C-]#[N+]C1(c2cc3c(N[C@H](C)c4cccc(C(F)(F)F)c4C)nc(C)nc3nc2OC)CC1. The summed E-state index contributed by atoms with van der Waals surface area (Å²) in [7, 11) is 1.50. The van der Waals surface area contributed by atoms with Crippen LogP contribution in [0.2, 0.25) is 0 Å². The smallest absolute Gasteiger partial charge is 0.416 e. The lowest BCUT2D eigenvalue weighted by molar-refractivity contribution is -0.138. The number of nitrogens with one attached hydrogen (secondary N) is 1. The van der Waals surface area contributed by atoms with Gasteiger partial charge in [-0.2, -0.15) is 18.2 Å². The summed E-state index contributed by atoms with van der Waals surface area (Å²) in [4.78, 5) is 17.2. The molecule has 4 rings (SSSR count). The van der Waals surface area contributed by atoms with Crippen molar-refractivity contribution in [1.29, 1.82) is 0 Å². The maximum absolute atomic E-state index is 13.4. The predicted octanol–water partition coefficient (Wildman–Crippen LogP) is 5.75. The Morgan fingerprint density at radius 2 is 1.91 bits per heavy atom. The third kappa shape index (κ3) is 3.70. The fraction of sp³-hybridized carbons (Fsp3) is 0.391. The topological polar surface area (TPSA) is 64.3 Å². The Bertz CT molecular complexity index is 1250. The fourth-order valence-corrected chi connectivity index (χ4v) is 4.02. The van der Waals surface area contributed by atoms with Crippen LogP contribution < -0.4 is 10.1 Å². The molecule has 0 amide bonds. The summed E-state index contributed by atoms with van der Waals surface area (Å²) in [6.07, 6.45) is -2.99. The van der Waals surface area contributed by atoms with Gasteiger partial charge in [0.15, 0.2) is 5.65 Å². The number of aromatic nitrogens is 3. The van der Waals surface area contributed by atoms with Gasteiger partial charge < -0.3 is 14.9 Å². The first-order valence-electron chi connectivity index (χ1n) is 10.2. The second-order valence-electron chi connectivity index (χ2n) is 8.06. The van der Waals surface area contributed by atoms with Crippen LogP contribution >= 0.6 is 0 Å². The lowest BCUT2D eigenvalue weighted by Gasteiger charge is -2.21. The number of aryl methyl sites for hydroxylation is 1. The maximum Gasteiger partial charge on any atom is 0.416 e. The summed E-state index contributed by atoms with van der Waals surface area (Å²) in [5.74, 6) is 1.27. The fourth-order valence-electron chi connectivity index (χ4n) is 4.02. The number of methoxy groups -OCH3 is 1. The van der Waals surface area contributed by atoms with Gasteiger partial charge in [0, 0.05) is 12.8 Å². The van der Waals surface area contributed by atoms with Crippen LogP contribution in [0, 0.1) is 20.4 Å². The standard InChI is InChI=1S/C23H22F3N5O/c1-12-15(7-6-8-17(12)23(24,25)26)13(2)28-19-16-11-18(22(27-4)9-10-22)21(32-5)31-20(16)30-14(3)29-19/h6-8,11,13H,9-10H2,1-3,5H3,(H,28,29,30,31)/t13-/m1/s1. The average Bonchev–Trinajstić information content (AvgIpc) is 3.53. The van der Waals surface area contributed by atoms with E-state index in [4.69, 9.17) is 11.3 Å². The molecule has 1 aliphatic carbocycles. The predicted molar refractivity (Wildman–Crippen MR) is 114 cm³/mol. The molecule has 0 bridgehead atoms. The number of halogens is 3. The van der Waals surface area contributed by atoms with Crippen LogP contribution in [-0.2, 0) is 11.7 Å². The molecule has 0 spiro atoms. The minimum Gasteiger partial charge on any atom is -0.481 e. The van der Waals surface area contributed by atoms with Crippen molar-refractivity contribution in [3.63, 3.8) is 0 Å². The van der Waals surface area contributed by atoms with E-state index in [1.165, 1.54) is 20.1 Å². The summed E-state index contributed by atoms with van der Waals surface area (Å²) in [5.41, 5.74) is 0.452. The van der Waals surface area contributed by atoms with Gasteiger partial charge in [-0.3, -0.25) is 0 Å². The molecule has 6 nitrogen and oxygen atoms in total. The summed E-state index contributed by atoms with van der Waals surface area (Å²) >= 11 is 0. The molecule has 2 heterocycles. The summed E-state index contributed by atoms with van der Waals surface area (Å²) in [5, 5.41) is 3.83. The van der Waals surface area contributed by atoms with E-state index in [-0.39, 0.29) is 5.56 Å². The van der Waals surface area contributed by atoms with E-state index in [1.807, 2.05) is 6.07 Å². The Labute approximate surface area is 183 Å². The van der Waals surface area contributed by atoms with Crippen LogP contribution in [0.4, 0.5) is 19.0 Å². The van der Waals surface area contributed by atoms with Gasteiger partial charge in [0.2, 0.25) is 5.88 Å². The first-order valence-corrected chi connectivity index (χ1v) is 10.2. The van der Waals surface area contributed by atoms with E-state index in [9.17, 15) is 13.2 Å². The molecule has 3 aromatic rings. The van der Waals surface area contributed by atoms with Gasteiger partial charge in [-0.25, -0.2) is 16.5 Å². The maximum atomic E-state index is 13.4. The highest BCUT2D eigenvalue weighted by Crippen LogP contribution is 2.53. The van der Waals surface area contributed by atoms with E-state index in [2.05, 4.69) is 25.1 Å². The minimum absolute atomic E-state index is 0.167. The monoisotopic (exact) mass is 441 g/mol. The minimum atomic E-state index is -4.42. The number of nitrogens with zero attached hydrogens (tertiary/aromatic N) is 4. The molecule has 2 aromatic heterocycles. The zero-order valence-electron chi connectivity index (χ0n) is 18.1. The lowest BCUT2D eigenvalue weighted by Crippen LogP contribution is -2.15. The van der Waals surface area contributed by atoms with Gasteiger partial charge >= 0.3 is 6.18 Å².